The number of carbonyl (C=O) groups is 2. The summed E-state index contributed by atoms with van der Waals surface area (Å²) < 4.78 is 0.836. The first-order valence-electron chi connectivity index (χ1n) is 9.39. The third-order valence-electron chi connectivity index (χ3n) is 5.31. The Kier molecular flexibility index (Phi) is 6.64. The molecule has 0 bridgehead atoms. The molecule has 0 fully saturated rings. The van der Waals surface area contributed by atoms with Gasteiger partial charge in [-0.05, 0) is 83.1 Å². The highest BCUT2D eigenvalue weighted by Gasteiger charge is 2.33. The van der Waals surface area contributed by atoms with Gasteiger partial charge in [0.15, 0.2) is 5.11 Å². The molecular weight excluding hydrogens is 517 g/mol. The molecule has 1 aromatic heterocycles. The number of anilines is 1. The molecule has 8 heteroatoms. The maximum Gasteiger partial charge on any atom is 0.258 e. The van der Waals surface area contributed by atoms with E-state index in [-0.39, 0.29) is 16.4 Å². The Balaban J connectivity index is 1.80. The van der Waals surface area contributed by atoms with E-state index >= 15 is 0 Å². The summed E-state index contributed by atoms with van der Waals surface area (Å²) in [6.45, 7) is 6.75. The zero-order chi connectivity index (χ0) is 21.3. The first-order chi connectivity index (χ1) is 13.6. The number of halogens is 1. The smallest absolute Gasteiger partial charge is 0.258 e. The van der Waals surface area contributed by atoms with Crippen molar-refractivity contribution in [1.82, 2.24) is 5.32 Å². The van der Waals surface area contributed by atoms with Gasteiger partial charge in [0.1, 0.15) is 5.00 Å². The summed E-state index contributed by atoms with van der Waals surface area (Å²) in [7, 11) is 0. The standard InChI is InChI=1S/C21H24IN3O2S2/c1-21(2,3)11-8-9-13-15(10-11)29-19(16(13)17(23)26)25-20(28)24-18(27)12-6-4-5-7-14(12)22/h4-7,11H,8-10H2,1-3H3,(H2,23,26)(H2,24,25,27,28). The van der Waals surface area contributed by atoms with Crippen LogP contribution in [0.4, 0.5) is 5.00 Å². The van der Waals surface area contributed by atoms with Crippen molar-refractivity contribution in [2.45, 2.75) is 40.0 Å². The van der Waals surface area contributed by atoms with Gasteiger partial charge in [-0.15, -0.1) is 11.3 Å². The highest BCUT2D eigenvalue weighted by Crippen LogP contribution is 2.44. The largest absolute Gasteiger partial charge is 0.365 e. The molecule has 4 N–H and O–H groups in total. The number of benzene rings is 1. The maximum atomic E-state index is 12.5. The molecule has 1 aliphatic carbocycles. The van der Waals surface area contributed by atoms with Crippen LogP contribution in [0.2, 0.25) is 0 Å². The minimum absolute atomic E-state index is 0.156. The van der Waals surface area contributed by atoms with Crippen LogP contribution in [0.5, 0.6) is 0 Å². The Morgan fingerprint density at radius 2 is 1.97 bits per heavy atom. The topological polar surface area (TPSA) is 84.2 Å². The van der Waals surface area contributed by atoms with Crippen LogP contribution >= 0.6 is 46.1 Å². The second-order valence-electron chi connectivity index (χ2n) is 8.27. The molecule has 1 heterocycles. The Hall–Kier alpha value is -1.52. The van der Waals surface area contributed by atoms with Gasteiger partial charge in [0.2, 0.25) is 0 Å². The lowest BCUT2D eigenvalue weighted by atomic mass is 9.72. The predicted molar refractivity (Wildman–Crippen MR) is 131 cm³/mol. The Labute approximate surface area is 194 Å². The van der Waals surface area contributed by atoms with E-state index in [0.717, 1.165) is 28.4 Å². The molecule has 1 aliphatic rings. The second kappa shape index (κ2) is 8.69. The summed E-state index contributed by atoms with van der Waals surface area (Å²) >= 11 is 8.96. The fourth-order valence-electron chi connectivity index (χ4n) is 3.62. The zero-order valence-corrected chi connectivity index (χ0v) is 20.4. The first-order valence-corrected chi connectivity index (χ1v) is 11.7. The van der Waals surface area contributed by atoms with Crippen LogP contribution in [-0.2, 0) is 12.8 Å². The third kappa shape index (κ3) is 4.97. The number of carbonyl (C=O) groups excluding carboxylic acids is 2. The zero-order valence-electron chi connectivity index (χ0n) is 16.6. The quantitative estimate of drug-likeness (QED) is 0.388. The van der Waals surface area contributed by atoms with Crippen LogP contribution in [-0.4, -0.2) is 16.9 Å². The van der Waals surface area contributed by atoms with Gasteiger partial charge in [0, 0.05) is 8.45 Å². The number of thiophene rings is 1. The number of thiocarbonyl (C=S) groups is 1. The van der Waals surface area contributed by atoms with Gasteiger partial charge in [0.05, 0.1) is 11.1 Å². The number of hydrogen-bond donors (Lipinski definition) is 3. The van der Waals surface area contributed by atoms with E-state index in [1.807, 2.05) is 12.1 Å². The Bertz CT molecular complexity index is 979. The lowest BCUT2D eigenvalue weighted by molar-refractivity contribution is 0.0974. The normalized spacial score (nSPS) is 16.1. The molecule has 1 atom stereocenters. The Morgan fingerprint density at radius 3 is 2.59 bits per heavy atom. The van der Waals surface area contributed by atoms with Crippen molar-refractivity contribution in [3.05, 3.63) is 49.4 Å². The summed E-state index contributed by atoms with van der Waals surface area (Å²) in [6.07, 6.45) is 2.78. The van der Waals surface area contributed by atoms with Crippen LogP contribution < -0.4 is 16.4 Å². The minimum Gasteiger partial charge on any atom is -0.365 e. The number of nitrogens with two attached hydrogens (primary N) is 1. The average Bonchev–Trinajstić information content (AvgIpc) is 2.98. The fraction of sp³-hybridized carbons (Fsp3) is 0.381. The molecule has 0 saturated heterocycles. The monoisotopic (exact) mass is 541 g/mol. The van der Waals surface area contributed by atoms with Crippen molar-refractivity contribution < 1.29 is 9.59 Å². The first kappa shape index (κ1) is 22.2. The van der Waals surface area contributed by atoms with Gasteiger partial charge >= 0.3 is 0 Å². The molecule has 29 heavy (non-hydrogen) atoms. The van der Waals surface area contributed by atoms with Gasteiger partial charge in [0.25, 0.3) is 11.8 Å². The molecule has 0 radical (unpaired) electrons. The summed E-state index contributed by atoms with van der Waals surface area (Å²) in [5, 5.41) is 6.51. The molecule has 2 aromatic rings. The lowest BCUT2D eigenvalue weighted by Gasteiger charge is -2.33. The van der Waals surface area contributed by atoms with Crippen LogP contribution in [0.25, 0.3) is 0 Å². The van der Waals surface area contributed by atoms with Crippen molar-refractivity contribution in [2.24, 2.45) is 17.1 Å². The number of rotatable bonds is 3. The van der Waals surface area contributed by atoms with E-state index in [1.54, 1.807) is 12.1 Å². The molecule has 154 valence electrons. The van der Waals surface area contributed by atoms with Gasteiger partial charge in [-0.2, -0.15) is 0 Å². The molecule has 1 aromatic carbocycles. The molecule has 3 rings (SSSR count). The SMILES string of the molecule is CC(C)(C)C1CCc2c(sc(NC(=S)NC(=O)c3ccccc3I)c2C(N)=O)C1. The van der Waals surface area contributed by atoms with E-state index in [4.69, 9.17) is 18.0 Å². The van der Waals surface area contributed by atoms with Crippen LogP contribution in [0.1, 0.15) is 58.3 Å². The molecular formula is C21H24IN3O2S2. The van der Waals surface area contributed by atoms with Gasteiger partial charge < -0.3 is 11.1 Å². The van der Waals surface area contributed by atoms with E-state index in [1.165, 1.54) is 16.2 Å². The predicted octanol–water partition coefficient (Wildman–Crippen LogP) is 4.73. The van der Waals surface area contributed by atoms with Gasteiger partial charge in [-0.1, -0.05) is 32.9 Å². The fourth-order valence-corrected chi connectivity index (χ4v) is 5.85. The third-order valence-corrected chi connectivity index (χ3v) is 7.62. The van der Waals surface area contributed by atoms with Crippen LogP contribution in [0.3, 0.4) is 0 Å². The van der Waals surface area contributed by atoms with E-state index in [2.05, 4.69) is 54.0 Å². The molecule has 2 amide bonds. The summed E-state index contributed by atoms with van der Waals surface area (Å²) in [6, 6.07) is 7.27. The van der Waals surface area contributed by atoms with Gasteiger partial charge in [-0.25, -0.2) is 0 Å². The lowest BCUT2D eigenvalue weighted by Crippen LogP contribution is -2.34. The van der Waals surface area contributed by atoms with Crippen molar-refractivity contribution in [3.8, 4) is 0 Å². The van der Waals surface area contributed by atoms with Crippen molar-refractivity contribution >= 4 is 68.1 Å². The minimum atomic E-state index is -0.467. The number of amides is 2. The van der Waals surface area contributed by atoms with Crippen molar-refractivity contribution in [2.75, 3.05) is 5.32 Å². The summed E-state index contributed by atoms with van der Waals surface area (Å²) in [5.41, 5.74) is 7.97. The average molecular weight is 541 g/mol. The summed E-state index contributed by atoms with van der Waals surface area (Å²) in [5.74, 6) is -0.206. The van der Waals surface area contributed by atoms with E-state index in [0.29, 0.717) is 22.0 Å². The van der Waals surface area contributed by atoms with Crippen molar-refractivity contribution in [1.29, 1.82) is 0 Å². The molecule has 5 nitrogen and oxygen atoms in total. The second-order valence-corrected chi connectivity index (χ2v) is 10.9. The molecule has 0 spiro atoms. The highest BCUT2D eigenvalue weighted by atomic mass is 127. The molecule has 0 aliphatic heterocycles. The highest BCUT2D eigenvalue weighted by molar-refractivity contribution is 14.1. The van der Waals surface area contributed by atoms with E-state index in [9.17, 15) is 9.59 Å². The van der Waals surface area contributed by atoms with Crippen LogP contribution in [0, 0.1) is 14.9 Å². The Morgan fingerprint density at radius 1 is 1.28 bits per heavy atom. The number of hydrogen-bond acceptors (Lipinski definition) is 4. The summed E-state index contributed by atoms with van der Waals surface area (Å²) in [4.78, 5) is 25.8. The number of primary amides is 1. The van der Waals surface area contributed by atoms with Crippen LogP contribution in [0.15, 0.2) is 24.3 Å². The number of nitrogens with one attached hydrogen (secondary N) is 2. The van der Waals surface area contributed by atoms with E-state index < -0.39 is 5.91 Å². The molecule has 1 unspecified atom stereocenters. The maximum absolute atomic E-state index is 12.5. The molecule has 0 saturated carbocycles. The van der Waals surface area contributed by atoms with Gasteiger partial charge in [-0.3, -0.25) is 14.9 Å². The van der Waals surface area contributed by atoms with Crippen molar-refractivity contribution in [3.63, 3.8) is 0 Å². The number of fused-ring (bicyclic) bond motifs is 1.